The molecule has 10 nitrogen and oxygen atoms in total. The smallest absolute Gasteiger partial charge is 0.276 e. The highest BCUT2D eigenvalue weighted by molar-refractivity contribution is 7.19. The van der Waals surface area contributed by atoms with Gasteiger partial charge in [0.25, 0.3) is 11.5 Å². The lowest BCUT2D eigenvalue weighted by Crippen LogP contribution is -2.48. The highest BCUT2D eigenvalue weighted by Crippen LogP contribution is 2.41. The van der Waals surface area contributed by atoms with E-state index in [-0.39, 0.29) is 23.3 Å². The molecule has 1 aliphatic heterocycles. The Labute approximate surface area is 237 Å². The summed E-state index contributed by atoms with van der Waals surface area (Å²) >= 11 is 1.61. The number of hydrogen-bond donors (Lipinski definition) is 2. The van der Waals surface area contributed by atoms with Crippen molar-refractivity contribution in [3.05, 3.63) is 44.4 Å². The van der Waals surface area contributed by atoms with Crippen molar-refractivity contribution in [2.24, 2.45) is 5.92 Å². The van der Waals surface area contributed by atoms with Gasteiger partial charge >= 0.3 is 0 Å². The van der Waals surface area contributed by atoms with Crippen LogP contribution in [0, 0.1) is 12.8 Å². The van der Waals surface area contributed by atoms with Crippen LogP contribution >= 0.6 is 11.3 Å². The number of likely N-dealkylation sites (N-methyl/N-ethyl adjacent to an activating group) is 2. The summed E-state index contributed by atoms with van der Waals surface area (Å²) in [6.45, 7) is 3.42. The number of amides is 2. The van der Waals surface area contributed by atoms with Crippen molar-refractivity contribution in [3.8, 4) is 0 Å². The number of fused-ring (bicyclic) bond motifs is 5. The van der Waals surface area contributed by atoms with Gasteiger partial charge in [-0.05, 0) is 83.2 Å². The number of aryl methyl sites for hydroxylation is 2. The summed E-state index contributed by atoms with van der Waals surface area (Å²) in [6.07, 6.45) is 8.33. The molecule has 3 aromatic rings. The lowest BCUT2D eigenvalue weighted by molar-refractivity contribution is -0.134. The van der Waals surface area contributed by atoms with Gasteiger partial charge in [0.05, 0.1) is 5.39 Å². The Kier molecular flexibility index (Phi) is 6.90. The van der Waals surface area contributed by atoms with E-state index >= 15 is 0 Å². The average Bonchev–Trinajstić information content (AvgIpc) is 3.45. The maximum Gasteiger partial charge on any atom is 0.276 e. The highest BCUT2D eigenvalue weighted by Gasteiger charge is 2.45. The Morgan fingerprint density at radius 2 is 1.95 bits per heavy atom. The van der Waals surface area contributed by atoms with E-state index in [1.165, 1.54) is 16.8 Å². The number of carbonyl (C=O) groups excluding carboxylic acids is 2. The minimum Gasteiger partial charge on any atom is -0.344 e. The molecule has 40 heavy (non-hydrogen) atoms. The predicted octanol–water partition coefficient (Wildman–Crippen LogP) is 3.39. The number of thiophene rings is 1. The van der Waals surface area contributed by atoms with E-state index in [0.717, 1.165) is 67.3 Å². The first-order chi connectivity index (χ1) is 19.2. The fourth-order valence-electron chi connectivity index (χ4n) is 6.65. The predicted molar refractivity (Wildman–Crippen MR) is 156 cm³/mol. The molecule has 1 spiro atoms. The Morgan fingerprint density at radius 3 is 2.70 bits per heavy atom. The van der Waals surface area contributed by atoms with Crippen LogP contribution in [0.3, 0.4) is 0 Å². The molecule has 1 fully saturated rings. The van der Waals surface area contributed by atoms with Crippen molar-refractivity contribution in [3.63, 3.8) is 0 Å². The van der Waals surface area contributed by atoms with Gasteiger partial charge < -0.3 is 20.4 Å². The van der Waals surface area contributed by atoms with Crippen LogP contribution in [0.25, 0.3) is 10.2 Å². The largest absolute Gasteiger partial charge is 0.344 e. The van der Waals surface area contributed by atoms with E-state index in [9.17, 15) is 14.4 Å². The fraction of sp³-hybridized carbons (Fsp3) is 0.552. The highest BCUT2D eigenvalue weighted by atomic mass is 32.1. The first-order valence-corrected chi connectivity index (χ1v) is 15.0. The molecule has 3 aliphatic rings. The number of carbonyl (C=O) groups is 2. The summed E-state index contributed by atoms with van der Waals surface area (Å²) in [5, 5.41) is 7.42. The molecular formula is C29H37N7O3S. The van der Waals surface area contributed by atoms with Crippen LogP contribution in [0.5, 0.6) is 0 Å². The van der Waals surface area contributed by atoms with Gasteiger partial charge in [0, 0.05) is 30.9 Å². The van der Waals surface area contributed by atoms with E-state index in [1.807, 2.05) is 33.0 Å². The van der Waals surface area contributed by atoms with Gasteiger partial charge in [0.2, 0.25) is 5.91 Å². The van der Waals surface area contributed by atoms with Gasteiger partial charge in [0.1, 0.15) is 34.0 Å². The van der Waals surface area contributed by atoms with Crippen molar-refractivity contribution in [2.45, 2.75) is 64.0 Å². The number of anilines is 2. The number of aromatic nitrogens is 3. The molecule has 1 atom stereocenters. The standard InChI is InChI=1S/C29H37N7O3S/c1-17-14-20(28(39)36-23(17)25(37)33-29(36)10-6-5-7-11-29)32-24-22-19-9-8-18(27(38)35(4)13-12-34(2)3)15-21(19)40-26(22)31-16-30-24/h14,16,18H,5-13,15H2,1-4H3,(H,33,37)(H,30,31,32). The molecular weight excluding hydrogens is 526 g/mol. The maximum absolute atomic E-state index is 13.9. The molecule has 2 N–H and O–H groups in total. The van der Waals surface area contributed by atoms with Crippen LogP contribution < -0.4 is 16.2 Å². The Morgan fingerprint density at radius 1 is 1.18 bits per heavy atom. The summed E-state index contributed by atoms with van der Waals surface area (Å²) in [6, 6.07) is 1.76. The minimum absolute atomic E-state index is 0.0437. The quantitative estimate of drug-likeness (QED) is 0.473. The Bertz CT molecular complexity index is 1550. The van der Waals surface area contributed by atoms with Crippen LogP contribution in [0.4, 0.5) is 11.5 Å². The molecule has 11 heteroatoms. The molecule has 6 rings (SSSR count). The van der Waals surface area contributed by atoms with Gasteiger partial charge in [-0.15, -0.1) is 11.3 Å². The molecule has 0 saturated heterocycles. The zero-order valence-electron chi connectivity index (χ0n) is 23.7. The zero-order chi connectivity index (χ0) is 28.2. The third kappa shape index (κ3) is 4.49. The molecule has 212 valence electrons. The van der Waals surface area contributed by atoms with Crippen molar-refractivity contribution >= 4 is 44.9 Å². The molecule has 0 radical (unpaired) electrons. The van der Waals surface area contributed by atoms with E-state index in [4.69, 9.17) is 0 Å². The fourth-order valence-corrected chi connectivity index (χ4v) is 7.92. The number of nitrogens with zero attached hydrogens (tertiary/aromatic N) is 5. The second-order valence-corrected chi connectivity index (χ2v) is 12.9. The van der Waals surface area contributed by atoms with Gasteiger partial charge in [-0.2, -0.15) is 0 Å². The van der Waals surface area contributed by atoms with E-state index in [1.54, 1.807) is 22.0 Å². The first-order valence-electron chi connectivity index (χ1n) is 14.2. The van der Waals surface area contributed by atoms with Crippen molar-refractivity contribution in [2.75, 3.05) is 39.5 Å². The number of hydrogen-bond acceptors (Lipinski definition) is 8. The van der Waals surface area contributed by atoms with E-state index in [2.05, 4.69) is 25.5 Å². The summed E-state index contributed by atoms with van der Waals surface area (Å²) < 4.78 is 1.71. The monoisotopic (exact) mass is 563 g/mol. The molecule has 1 saturated carbocycles. The number of nitrogens with one attached hydrogen (secondary N) is 2. The van der Waals surface area contributed by atoms with Gasteiger partial charge in [-0.25, -0.2) is 9.97 Å². The maximum atomic E-state index is 13.9. The molecule has 2 amide bonds. The molecule has 0 bridgehead atoms. The van der Waals surface area contributed by atoms with Gasteiger partial charge in [0.15, 0.2) is 0 Å². The van der Waals surface area contributed by atoms with E-state index in [0.29, 0.717) is 30.2 Å². The Hall–Kier alpha value is -3.31. The summed E-state index contributed by atoms with van der Waals surface area (Å²) in [5.74, 6) is 0.576. The zero-order valence-corrected chi connectivity index (χ0v) is 24.5. The summed E-state index contributed by atoms with van der Waals surface area (Å²) in [7, 11) is 5.91. The van der Waals surface area contributed by atoms with Crippen LogP contribution in [0.1, 0.15) is 65.0 Å². The number of rotatable bonds is 6. The summed E-state index contributed by atoms with van der Waals surface area (Å²) in [5.41, 5.74) is 1.95. The van der Waals surface area contributed by atoms with Crippen LogP contribution in [-0.2, 0) is 23.3 Å². The summed E-state index contributed by atoms with van der Waals surface area (Å²) in [4.78, 5) is 55.1. The third-order valence-corrected chi connectivity index (χ3v) is 9.93. The van der Waals surface area contributed by atoms with Gasteiger partial charge in [-0.1, -0.05) is 6.42 Å². The Balaban J connectivity index is 1.32. The molecule has 1 unspecified atom stereocenters. The van der Waals surface area contributed by atoms with Crippen molar-refractivity contribution in [1.82, 2.24) is 29.7 Å². The van der Waals surface area contributed by atoms with Crippen molar-refractivity contribution in [1.29, 1.82) is 0 Å². The number of pyridine rings is 1. The van der Waals surface area contributed by atoms with Crippen molar-refractivity contribution < 1.29 is 9.59 Å². The molecule has 4 heterocycles. The molecule has 3 aromatic heterocycles. The topological polar surface area (TPSA) is 112 Å². The minimum atomic E-state index is -0.645. The average molecular weight is 564 g/mol. The normalized spacial score (nSPS) is 19.5. The lowest BCUT2D eigenvalue weighted by atomic mass is 9.87. The van der Waals surface area contributed by atoms with E-state index < -0.39 is 5.66 Å². The molecule has 0 aromatic carbocycles. The van der Waals surface area contributed by atoms with Crippen LogP contribution in [0.15, 0.2) is 17.2 Å². The first kappa shape index (κ1) is 26.9. The third-order valence-electron chi connectivity index (χ3n) is 8.77. The second kappa shape index (κ2) is 10.3. The van der Waals surface area contributed by atoms with Gasteiger partial charge in [-0.3, -0.25) is 19.0 Å². The van der Waals surface area contributed by atoms with Crippen LogP contribution in [-0.4, -0.2) is 70.4 Å². The SMILES string of the molecule is Cc1cc(Nc2ncnc3sc4c(c23)CCC(C(=O)N(C)CCN(C)C)C4)c(=O)n2c1C(=O)NC21CCCCC1. The lowest BCUT2D eigenvalue weighted by Gasteiger charge is -2.35. The second-order valence-electron chi connectivity index (χ2n) is 11.8. The molecule has 2 aliphatic carbocycles. The van der Waals surface area contributed by atoms with Crippen LogP contribution in [0.2, 0.25) is 0 Å².